The average molecular weight is 251 g/mol. The lowest BCUT2D eigenvalue weighted by Gasteiger charge is -2.36. The van der Waals surface area contributed by atoms with Crippen molar-refractivity contribution in [3.63, 3.8) is 0 Å². The van der Waals surface area contributed by atoms with E-state index in [2.05, 4.69) is 5.32 Å². The van der Waals surface area contributed by atoms with Crippen molar-refractivity contribution in [2.24, 2.45) is 11.3 Å². The van der Waals surface area contributed by atoms with E-state index < -0.39 is 24.4 Å². The maximum absolute atomic E-state index is 12.1. The van der Waals surface area contributed by atoms with Crippen molar-refractivity contribution in [3.05, 3.63) is 0 Å². The fourth-order valence-corrected chi connectivity index (χ4v) is 2.27. The van der Waals surface area contributed by atoms with Crippen LogP contribution in [0.15, 0.2) is 0 Å². The molecular weight excluding hydrogens is 231 g/mol. The summed E-state index contributed by atoms with van der Waals surface area (Å²) in [6.45, 7) is 5.20. The van der Waals surface area contributed by atoms with Crippen molar-refractivity contribution in [2.45, 2.75) is 45.7 Å². The molecule has 5 heteroatoms. The van der Waals surface area contributed by atoms with Crippen molar-refractivity contribution in [1.29, 1.82) is 0 Å². The van der Waals surface area contributed by atoms with Gasteiger partial charge in [-0.2, -0.15) is 13.2 Å². The maximum atomic E-state index is 12.1. The first-order valence-corrected chi connectivity index (χ1v) is 6.04. The van der Waals surface area contributed by atoms with Gasteiger partial charge >= 0.3 is 6.18 Å². The summed E-state index contributed by atoms with van der Waals surface area (Å²) in [4.78, 5) is 11.9. The van der Waals surface area contributed by atoms with E-state index in [1.807, 2.05) is 0 Å². The standard InChI is InChI=1S/C12H20F3NO/c1-11(2,9-4-3-7-16-8-9)10(17)5-6-12(13,14)15/h9,16H,3-8H2,1-2H3. The van der Waals surface area contributed by atoms with Crippen molar-refractivity contribution >= 4 is 5.78 Å². The van der Waals surface area contributed by atoms with Crippen LogP contribution in [0.2, 0.25) is 0 Å². The molecule has 0 aromatic heterocycles. The summed E-state index contributed by atoms with van der Waals surface area (Å²) < 4.78 is 36.2. The Balaban J connectivity index is 2.53. The topological polar surface area (TPSA) is 29.1 Å². The van der Waals surface area contributed by atoms with Gasteiger partial charge in [0.05, 0.1) is 6.42 Å². The van der Waals surface area contributed by atoms with E-state index in [1.54, 1.807) is 13.8 Å². The van der Waals surface area contributed by atoms with Crippen LogP contribution in [0, 0.1) is 11.3 Å². The molecule has 0 aromatic rings. The van der Waals surface area contributed by atoms with Crippen LogP contribution in [0.4, 0.5) is 13.2 Å². The molecule has 1 fully saturated rings. The van der Waals surface area contributed by atoms with Gasteiger partial charge in [0.1, 0.15) is 5.78 Å². The predicted molar refractivity (Wildman–Crippen MR) is 59.7 cm³/mol. The molecule has 0 aliphatic carbocycles. The Morgan fingerprint density at radius 3 is 2.47 bits per heavy atom. The van der Waals surface area contributed by atoms with Crippen LogP contribution in [0.5, 0.6) is 0 Å². The summed E-state index contributed by atoms with van der Waals surface area (Å²) >= 11 is 0. The Morgan fingerprint density at radius 1 is 1.35 bits per heavy atom. The molecule has 0 amide bonds. The molecule has 0 radical (unpaired) electrons. The third kappa shape index (κ3) is 4.30. The lowest BCUT2D eigenvalue weighted by atomic mass is 9.71. The summed E-state index contributed by atoms with van der Waals surface area (Å²) in [5.74, 6) is -0.125. The lowest BCUT2D eigenvalue weighted by Crippen LogP contribution is -2.42. The fourth-order valence-electron chi connectivity index (χ4n) is 2.27. The zero-order valence-electron chi connectivity index (χ0n) is 10.4. The summed E-state index contributed by atoms with van der Waals surface area (Å²) in [6, 6.07) is 0. The molecule has 1 atom stereocenters. The van der Waals surface area contributed by atoms with E-state index in [0.29, 0.717) is 0 Å². The van der Waals surface area contributed by atoms with E-state index >= 15 is 0 Å². The number of carbonyl (C=O) groups excluding carboxylic acids is 1. The highest BCUT2D eigenvalue weighted by atomic mass is 19.4. The molecule has 1 heterocycles. The third-order valence-electron chi connectivity index (χ3n) is 3.67. The van der Waals surface area contributed by atoms with Gasteiger partial charge in [0.2, 0.25) is 0 Å². The van der Waals surface area contributed by atoms with Crippen LogP contribution in [-0.2, 0) is 4.79 Å². The van der Waals surface area contributed by atoms with Crippen LogP contribution in [-0.4, -0.2) is 25.0 Å². The summed E-state index contributed by atoms with van der Waals surface area (Å²) in [5.41, 5.74) is -0.654. The zero-order chi connectivity index (χ0) is 13.1. The summed E-state index contributed by atoms with van der Waals surface area (Å²) in [5, 5.41) is 3.19. The molecule has 100 valence electrons. The molecule has 0 saturated carbocycles. The molecule has 1 saturated heterocycles. The van der Waals surface area contributed by atoms with Crippen LogP contribution >= 0.6 is 0 Å². The number of rotatable bonds is 4. The Labute approximate surface area is 100.0 Å². The van der Waals surface area contributed by atoms with Gasteiger partial charge in [0, 0.05) is 11.8 Å². The van der Waals surface area contributed by atoms with E-state index in [0.717, 1.165) is 25.9 Å². The molecule has 0 spiro atoms. The molecule has 1 unspecified atom stereocenters. The first-order valence-electron chi connectivity index (χ1n) is 6.04. The van der Waals surface area contributed by atoms with Crippen molar-refractivity contribution < 1.29 is 18.0 Å². The largest absolute Gasteiger partial charge is 0.389 e. The van der Waals surface area contributed by atoms with E-state index in [-0.39, 0.29) is 11.7 Å². The predicted octanol–water partition coefficient (Wildman–Crippen LogP) is 2.92. The number of ketones is 1. The van der Waals surface area contributed by atoms with Gasteiger partial charge in [-0.25, -0.2) is 0 Å². The molecule has 1 aliphatic heterocycles. The van der Waals surface area contributed by atoms with Gasteiger partial charge in [0.15, 0.2) is 0 Å². The molecule has 0 bridgehead atoms. The lowest BCUT2D eigenvalue weighted by molar-refractivity contribution is -0.148. The molecular formula is C12H20F3NO. The highest BCUT2D eigenvalue weighted by Gasteiger charge is 2.38. The Hall–Kier alpha value is -0.580. The molecule has 1 aliphatic rings. The van der Waals surface area contributed by atoms with Gasteiger partial charge in [-0.1, -0.05) is 13.8 Å². The number of nitrogens with one attached hydrogen (secondary N) is 1. The van der Waals surface area contributed by atoms with E-state index in [4.69, 9.17) is 0 Å². The van der Waals surface area contributed by atoms with Crippen molar-refractivity contribution in [1.82, 2.24) is 5.32 Å². The van der Waals surface area contributed by atoms with Crippen molar-refractivity contribution in [3.8, 4) is 0 Å². The minimum Gasteiger partial charge on any atom is -0.316 e. The highest BCUT2D eigenvalue weighted by Crippen LogP contribution is 2.35. The molecule has 1 N–H and O–H groups in total. The van der Waals surface area contributed by atoms with Gasteiger partial charge in [0.25, 0.3) is 0 Å². The molecule has 2 nitrogen and oxygen atoms in total. The number of carbonyl (C=O) groups is 1. The zero-order valence-corrected chi connectivity index (χ0v) is 10.4. The van der Waals surface area contributed by atoms with Crippen LogP contribution < -0.4 is 5.32 Å². The highest BCUT2D eigenvalue weighted by molar-refractivity contribution is 5.84. The Kier molecular flexibility index (Phi) is 4.58. The quantitative estimate of drug-likeness (QED) is 0.832. The number of Topliss-reactive ketones (excluding diaryl/α,β-unsaturated/α-hetero) is 1. The SMILES string of the molecule is CC(C)(C(=O)CCC(F)(F)F)C1CCCNC1. The second-order valence-corrected chi connectivity index (χ2v) is 5.30. The number of hydrogen-bond acceptors (Lipinski definition) is 2. The fraction of sp³-hybridized carbons (Fsp3) is 0.917. The second kappa shape index (κ2) is 5.38. The third-order valence-corrected chi connectivity index (χ3v) is 3.67. The number of piperidine rings is 1. The van der Waals surface area contributed by atoms with E-state index in [9.17, 15) is 18.0 Å². The average Bonchev–Trinajstić information content (AvgIpc) is 2.26. The van der Waals surface area contributed by atoms with Gasteiger partial charge in [-0.05, 0) is 31.8 Å². The van der Waals surface area contributed by atoms with Crippen molar-refractivity contribution in [2.75, 3.05) is 13.1 Å². The molecule has 17 heavy (non-hydrogen) atoms. The van der Waals surface area contributed by atoms with Gasteiger partial charge < -0.3 is 5.32 Å². The maximum Gasteiger partial charge on any atom is 0.389 e. The number of hydrogen-bond donors (Lipinski definition) is 1. The first kappa shape index (κ1) is 14.5. The molecule has 0 aromatic carbocycles. The first-order chi connectivity index (χ1) is 7.73. The minimum atomic E-state index is -4.24. The number of alkyl halides is 3. The van der Waals surface area contributed by atoms with Gasteiger partial charge in [-0.15, -0.1) is 0 Å². The normalized spacial score (nSPS) is 22.5. The van der Waals surface area contributed by atoms with Gasteiger partial charge in [-0.3, -0.25) is 4.79 Å². The van der Waals surface area contributed by atoms with Crippen LogP contribution in [0.25, 0.3) is 0 Å². The van der Waals surface area contributed by atoms with Crippen LogP contribution in [0.3, 0.4) is 0 Å². The summed E-state index contributed by atoms with van der Waals surface area (Å²) in [7, 11) is 0. The molecule has 1 rings (SSSR count). The Bertz CT molecular complexity index is 267. The van der Waals surface area contributed by atoms with E-state index in [1.165, 1.54) is 0 Å². The van der Waals surface area contributed by atoms with Crippen LogP contribution in [0.1, 0.15) is 39.5 Å². The second-order valence-electron chi connectivity index (χ2n) is 5.30. The minimum absolute atomic E-state index is 0.150. The smallest absolute Gasteiger partial charge is 0.316 e. The summed E-state index contributed by atoms with van der Waals surface area (Å²) in [6.07, 6.45) is -3.74. The monoisotopic (exact) mass is 251 g/mol. The Morgan fingerprint density at radius 2 is 2.00 bits per heavy atom. The number of halogens is 3.